The zero-order chi connectivity index (χ0) is 11.3. The molecule has 15 heavy (non-hydrogen) atoms. The Bertz CT molecular complexity index is 305. The summed E-state index contributed by atoms with van der Waals surface area (Å²) in [6.45, 7) is 1.01. The van der Waals surface area contributed by atoms with E-state index in [9.17, 15) is 0 Å². The molecule has 4 nitrogen and oxygen atoms in total. The van der Waals surface area contributed by atoms with E-state index in [-0.39, 0.29) is 0 Å². The molecule has 0 atom stereocenters. The second-order valence-electron chi connectivity index (χ2n) is 3.86. The van der Waals surface area contributed by atoms with Gasteiger partial charge in [0.2, 0.25) is 0 Å². The molecule has 0 aliphatic rings. The summed E-state index contributed by atoms with van der Waals surface area (Å²) in [5.41, 5.74) is 1.41. The van der Waals surface area contributed by atoms with Crippen LogP contribution in [0.3, 0.4) is 0 Å². The molecule has 0 spiro atoms. The van der Waals surface area contributed by atoms with Crippen LogP contribution in [0, 0.1) is 0 Å². The van der Waals surface area contributed by atoms with Crippen molar-refractivity contribution in [3.63, 3.8) is 0 Å². The first kappa shape index (κ1) is 12.2. The molecule has 0 saturated carbocycles. The normalized spacial score (nSPS) is 10.7. The quantitative estimate of drug-likeness (QED) is 0.625. The van der Waals surface area contributed by atoms with E-state index in [4.69, 9.17) is 10.0 Å². The van der Waals surface area contributed by atoms with Crippen molar-refractivity contribution < 1.29 is 10.0 Å². The van der Waals surface area contributed by atoms with E-state index in [1.165, 1.54) is 0 Å². The molecule has 0 saturated heterocycles. The average Bonchev–Trinajstić information content (AvgIpc) is 2.17. The van der Waals surface area contributed by atoms with E-state index in [1.807, 2.05) is 14.1 Å². The van der Waals surface area contributed by atoms with Crippen molar-refractivity contribution >= 4 is 12.6 Å². The van der Waals surface area contributed by atoms with Gasteiger partial charge in [0.1, 0.15) is 0 Å². The van der Waals surface area contributed by atoms with Crippen LogP contribution in [0.1, 0.15) is 12.1 Å². The highest BCUT2D eigenvalue weighted by Crippen LogP contribution is 1.98. The first-order valence-electron chi connectivity index (χ1n) is 5.05. The summed E-state index contributed by atoms with van der Waals surface area (Å²) in [7, 11) is 2.66. The highest BCUT2D eigenvalue weighted by molar-refractivity contribution is 6.58. The minimum absolute atomic E-state index is 0.504. The van der Waals surface area contributed by atoms with Gasteiger partial charge < -0.3 is 14.9 Å². The Hall–Kier alpha value is -0.905. The van der Waals surface area contributed by atoms with Crippen LogP contribution in [0.25, 0.3) is 0 Å². The zero-order valence-corrected chi connectivity index (χ0v) is 9.22. The second kappa shape index (κ2) is 5.85. The third-order valence-corrected chi connectivity index (χ3v) is 2.18. The van der Waals surface area contributed by atoms with Crippen LogP contribution in [0.4, 0.5) is 0 Å². The van der Waals surface area contributed by atoms with Crippen molar-refractivity contribution in [2.24, 2.45) is 0 Å². The number of rotatable bonds is 5. The maximum atomic E-state index is 8.98. The van der Waals surface area contributed by atoms with Crippen LogP contribution in [0.2, 0.25) is 0 Å². The van der Waals surface area contributed by atoms with Crippen LogP contribution in [-0.2, 0) is 6.42 Å². The molecule has 0 radical (unpaired) electrons. The lowest BCUT2D eigenvalue weighted by Gasteiger charge is -2.08. The summed E-state index contributed by atoms with van der Waals surface area (Å²) >= 11 is 0. The average molecular weight is 208 g/mol. The molecule has 0 amide bonds. The topological polar surface area (TPSA) is 56.6 Å². The lowest BCUT2D eigenvalue weighted by Crippen LogP contribution is -2.30. The lowest BCUT2D eigenvalue weighted by molar-refractivity contribution is 0.399. The largest absolute Gasteiger partial charge is 0.488 e. The lowest BCUT2D eigenvalue weighted by atomic mass is 9.80. The van der Waals surface area contributed by atoms with Crippen LogP contribution < -0.4 is 5.46 Å². The van der Waals surface area contributed by atoms with Gasteiger partial charge in [-0.25, -0.2) is 0 Å². The molecule has 0 bridgehead atoms. The zero-order valence-electron chi connectivity index (χ0n) is 9.22. The van der Waals surface area contributed by atoms with Crippen molar-refractivity contribution in [3.05, 3.63) is 24.0 Å². The number of nitrogens with zero attached hydrogens (tertiary/aromatic N) is 2. The van der Waals surface area contributed by atoms with Gasteiger partial charge in [0.05, 0.1) is 0 Å². The third-order valence-electron chi connectivity index (χ3n) is 2.18. The summed E-state index contributed by atoms with van der Waals surface area (Å²) in [5.74, 6) is 0. The minimum Gasteiger partial charge on any atom is -0.423 e. The maximum Gasteiger partial charge on any atom is 0.488 e. The summed E-state index contributed by atoms with van der Waals surface area (Å²) in [6.07, 6.45) is 3.49. The molecule has 0 aromatic carbocycles. The molecule has 1 aromatic heterocycles. The molecule has 0 aliphatic carbocycles. The Morgan fingerprint density at radius 2 is 2.13 bits per heavy atom. The van der Waals surface area contributed by atoms with Crippen molar-refractivity contribution in [3.8, 4) is 0 Å². The number of pyridine rings is 1. The Morgan fingerprint density at radius 1 is 1.40 bits per heavy atom. The van der Waals surface area contributed by atoms with Crippen molar-refractivity contribution in [2.45, 2.75) is 12.8 Å². The fourth-order valence-electron chi connectivity index (χ4n) is 1.37. The first-order valence-corrected chi connectivity index (χ1v) is 5.05. The van der Waals surface area contributed by atoms with Gasteiger partial charge in [-0.3, -0.25) is 4.98 Å². The smallest absolute Gasteiger partial charge is 0.423 e. The van der Waals surface area contributed by atoms with Crippen molar-refractivity contribution in [1.29, 1.82) is 0 Å². The number of hydrogen-bond acceptors (Lipinski definition) is 4. The Balaban J connectivity index is 2.50. The van der Waals surface area contributed by atoms with Crippen molar-refractivity contribution in [2.75, 3.05) is 20.6 Å². The summed E-state index contributed by atoms with van der Waals surface area (Å²) in [4.78, 5) is 6.29. The van der Waals surface area contributed by atoms with Gasteiger partial charge in [-0.15, -0.1) is 0 Å². The SMILES string of the molecule is CN(C)CCCc1cc(B(O)O)ccn1. The fourth-order valence-corrected chi connectivity index (χ4v) is 1.37. The van der Waals surface area contributed by atoms with Crippen LogP contribution >= 0.6 is 0 Å². The van der Waals surface area contributed by atoms with E-state index >= 15 is 0 Å². The van der Waals surface area contributed by atoms with Gasteiger partial charge >= 0.3 is 7.12 Å². The number of aryl methyl sites for hydroxylation is 1. The van der Waals surface area contributed by atoms with Crippen molar-refractivity contribution in [1.82, 2.24) is 9.88 Å². The molecule has 1 rings (SSSR count). The highest BCUT2D eigenvalue weighted by Gasteiger charge is 2.10. The predicted octanol–water partition coefficient (Wildman–Crippen LogP) is -0.744. The third kappa shape index (κ3) is 4.42. The van der Waals surface area contributed by atoms with E-state index in [2.05, 4.69) is 9.88 Å². The van der Waals surface area contributed by atoms with Gasteiger partial charge in [0.15, 0.2) is 0 Å². The second-order valence-corrected chi connectivity index (χ2v) is 3.86. The Morgan fingerprint density at radius 3 is 2.73 bits per heavy atom. The van der Waals surface area contributed by atoms with E-state index in [0.29, 0.717) is 5.46 Å². The number of aromatic nitrogens is 1. The standard InChI is InChI=1S/C10H17BN2O2/c1-13(2)7-3-4-10-8-9(11(14)15)5-6-12-10/h5-6,8,14-15H,3-4,7H2,1-2H3. The summed E-state index contributed by atoms with van der Waals surface area (Å²) < 4.78 is 0. The van der Waals surface area contributed by atoms with Crippen LogP contribution in [0.5, 0.6) is 0 Å². The number of hydrogen-bond donors (Lipinski definition) is 2. The van der Waals surface area contributed by atoms with Gasteiger partial charge in [-0.05, 0) is 51.1 Å². The molecule has 5 heteroatoms. The van der Waals surface area contributed by atoms with Gasteiger partial charge in [-0.2, -0.15) is 0 Å². The molecular formula is C10H17BN2O2. The van der Waals surface area contributed by atoms with Gasteiger partial charge in [0, 0.05) is 11.9 Å². The molecule has 82 valence electrons. The fraction of sp³-hybridized carbons (Fsp3) is 0.500. The Kier molecular flexibility index (Phi) is 4.75. The summed E-state index contributed by atoms with van der Waals surface area (Å²) in [5, 5.41) is 18.0. The molecule has 2 N–H and O–H groups in total. The predicted molar refractivity (Wildman–Crippen MR) is 60.9 cm³/mol. The first-order chi connectivity index (χ1) is 7.09. The summed E-state index contributed by atoms with van der Waals surface area (Å²) in [6, 6.07) is 3.35. The minimum atomic E-state index is -1.40. The van der Waals surface area contributed by atoms with Crippen LogP contribution in [-0.4, -0.2) is 47.7 Å². The molecule has 1 heterocycles. The Labute approximate surface area is 90.7 Å². The monoisotopic (exact) mass is 208 g/mol. The van der Waals surface area contributed by atoms with Gasteiger partial charge in [0.25, 0.3) is 0 Å². The molecule has 0 unspecified atom stereocenters. The van der Waals surface area contributed by atoms with E-state index in [1.54, 1.807) is 18.3 Å². The molecular weight excluding hydrogens is 191 g/mol. The highest BCUT2D eigenvalue weighted by atomic mass is 16.4. The van der Waals surface area contributed by atoms with Crippen LogP contribution in [0.15, 0.2) is 18.3 Å². The van der Waals surface area contributed by atoms with E-state index in [0.717, 1.165) is 25.1 Å². The molecule has 0 fully saturated rings. The molecule has 1 aromatic rings. The maximum absolute atomic E-state index is 8.98. The van der Waals surface area contributed by atoms with Gasteiger partial charge in [-0.1, -0.05) is 0 Å². The molecule has 0 aliphatic heterocycles. The van der Waals surface area contributed by atoms with E-state index < -0.39 is 7.12 Å².